The number of carbonyl (C=O) groups is 1. The second-order valence-corrected chi connectivity index (χ2v) is 8.13. The number of hydrogen-bond acceptors (Lipinski definition) is 4. The van der Waals surface area contributed by atoms with Crippen LogP contribution < -0.4 is 5.32 Å². The van der Waals surface area contributed by atoms with Crippen LogP contribution in [0, 0.1) is 6.92 Å². The van der Waals surface area contributed by atoms with E-state index in [0.29, 0.717) is 30.6 Å². The zero-order valence-electron chi connectivity index (χ0n) is 15.7. The first-order chi connectivity index (χ1) is 12.3. The molecule has 7 heteroatoms. The van der Waals surface area contributed by atoms with Crippen LogP contribution in [0.15, 0.2) is 45.9 Å². The highest BCUT2D eigenvalue weighted by Crippen LogP contribution is 2.21. The van der Waals surface area contributed by atoms with Crippen LogP contribution in [0.3, 0.4) is 0 Å². The SMILES string of the molecule is CCN(CC)S(=O)(=O)c1cc(C(=O)NC(C)Cc2ccco2)ccc1C. The highest BCUT2D eigenvalue weighted by atomic mass is 32.2. The molecule has 6 nitrogen and oxygen atoms in total. The van der Waals surface area contributed by atoms with Gasteiger partial charge in [-0.25, -0.2) is 8.42 Å². The molecule has 0 spiro atoms. The maximum absolute atomic E-state index is 12.8. The van der Waals surface area contributed by atoms with Crippen molar-refractivity contribution in [3.63, 3.8) is 0 Å². The van der Waals surface area contributed by atoms with Gasteiger partial charge in [0.05, 0.1) is 11.2 Å². The van der Waals surface area contributed by atoms with Gasteiger partial charge in [-0.3, -0.25) is 4.79 Å². The second kappa shape index (κ2) is 8.51. The summed E-state index contributed by atoms with van der Waals surface area (Å²) in [6.07, 6.45) is 2.16. The molecule has 1 amide bonds. The number of nitrogens with one attached hydrogen (secondary N) is 1. The van der Waals surface area contributed by atoms with Crippen molar-refractivity contribution in [2.24, 2.45) is 0 Å². The summed E-state index contributed by atoms with van der Waals surface area (Å²) in [4.78, 5) is 12.7. The molecule has 0 bridgehead atoms. The smallest absolute Gasteiger partial charge is 0.251 e. The van der Waals surface area contributed by atoms with Crippen molar-refractivity contribution in [1.82, 2.24) is 9.62 Å². The average molecular weight is 378 g/mol. The van der Waals surface area contributed by atoms with Gasteiger partial charge in [0.1, 0.15) is 5.76 Å². The van der Waals surface area contributed by atoms with Crippen LogP contribution in [0.4, 0.5) is 0 Å². The second-order valence-electron chi connectivity index (χ2n) is 6.23. The van der Waals surface area contributed by atoms with Crippen molar-refractivity contribution in [2.75, 3.05) is 13.1 Å². The Balaban J connectivity index is 2.21. The molecule has 142 valence electrons. The van der Waals surface area contributed by atoms with Crippen molar-refractivity contribution in [3.05, 3.63) is 53.5 Å². The van der Waals surface area contributed by atoms with Crippen LogP contribution in [0.2, 0.25) is 0 Å². The maximum atomic E-state index is 12.8. The van der Waals surface area contributed by atoms with Crippen LogP contribution >= 0.6 is 0 Å². The van der Waals surface area contributed by atoms with E-state index >= 15 is 0 Å². The topological polar surface area (TPSA) is 79.6 Å². The van der Waals surface area contributed by atoms with Gasteiger partial charge in [-0.15, -0.1) is 0 Å². The molecular weight excluding hydrogens is 352 g/mol. The largest absolute Gasteiger partial charge is 0.469 e. The molecule has 1 unspecified atom stereocenters. The van der Waals surface area contributed by atoms with E-state index in [4.69, 9.17) is 4.42 Å². The summed E-state index contributed by atoms with van der Waals surface area (Å²) in [7, 11) is -3.62. The Hall–Kier alpha value is -2.12. The first kappa shape index (κ1) is 20.2. The zero-order chi connectivity index (χ0) is 19.3. The summed E-state index contributed by atoms with van der Waals surface area (Å²) in [5.74, 6) is 0.478. The molecular formula is C19H26N2O4S. The molecule has 26 heavy (non-hydrogen) atoms. The molecule has 0 radical (unpaired) electrons. The Morgan fingerprint density at radius 3 is 2.50 bits per heavy atom. The van der Waals surface area contributed by atoms with Crippen molar-refractivity contribution in [3.8, 4) is 0 Å². The summed E-state index contributed by atoms with van der Waals surface area (Å²) >= 11 is 0. The fraction of sp³-hybridized carbons (Fsp3) is 0.421. The van der Waals surface area contributed by atoms with Gasteiger partial charge in [-0.05, 0) is 43.7 Å². The number of sulfonamides is 1. The lowest BCUT2D eigenvalue weighted by Gasteiger charge is -2.20. The molecule has 0 aliphatic carbocycles. The van der Waals surface area contributed by atoms with Gasteiger partial charge < -0.3 is 9.73 Å². The van der Waals surface area contributed by atoms with E-state index < -0.39 is 10.0 Å². The minimum absolute atomic E-state index is 0.141. The molecule has 1 heterocycles. The average Bonchev–Trinajstić information content (AvgIpc) is 3.08. The third kappa shape index (κ3) is 4.53. The molecule has 1 aromatic heterocycles. The summed E-state index contributed by atoms with van der Waals surface area (Å²) in [6, 6.07) is 8.28. The molecule has 2 rings (SSSR count). The molecule has 1 N–H and O–H groups in total. The number of aryl methyl sites for hydroxylation is 1. The van der Waals surface area contributed by atoms with E-state index in [1.165, 1.54) is 10.4 Å². The van der Waals surface area contributed by atoms with E-state index in [1.54, 1.807) is 45.2 Å². The van der Waals surface area contributed by atoms with Crippen LogP contribution in [0.25, 0.3) is 0 Å². The van der Waals surface area contributed by atoms with Crippen molar-refractivity contribution in [2.45, 2.75) is 45.1 Å². The van der Waals surface area contributed by atoms with Gasteiger partial charge in [0.25, 0.3) is 5.91 Å². The Morgan fingerprint density at radius 1 is 1.23 bits per heavy atom. The molecule has 1 atom stereocenters. The van der Waals surface area contributed by atoms with Crippen LogP contribution in [-0.4, -0.2) is 37.8 Å². The Kier molecular flexibility index (Phi) is 6.61. The van der Waals surface area contributed by atoms with Gasteiger partial charge in [-0.1, -0.05) is 19.9 Å². The van der Waals surface area contributed by atoms with E-state index in [2.05, 4.69) is 5.32 Å². The van der Waals surface area contributed by atoms with Gasteiger partial charge in [0.2, 0.25) is 10.0 Å². The minimum atomic E-state index is -3.62. The predicted octanol–water partition coefficient (Wildman–Crippen LogP) is 2.98. The first-order valence-electron chi connectivity index (χ1n) is 8.73. The number of carbonyl (C=O) groups excluding carboxylic acids is 1. The number of amides is 1. The zero-order valence-corrected chi connectivity index (χ0v) is 16.5. The lowest BCUT2D eigenvalue weighted by molar-refractivity contribution is 0.0939. The van der Waals surface area contributed by atoms with Gasteiger partial charge in [0.15, 0.2) is 0 Å². The normalized spacial score (nSPS) is 13.0. The molecule has 0 saturated heterocycles. The Bertz CT molecular complexity index is 840. The van der Waals surface area contributed by atoms with E-state index in [-0.39, 0.29) is 16.8 Å². The molecule has 0 aliphatic rings. The van der Waals surface area contributed by atoms with Crippen molar-refractivity contribution >= 4 is 15.9 Å². The molecule has 0 saturated carbocycles. The van der Waals surface area contributed by atoms with Gasteiger partial charge >= 0.3 is 0 Å². The molecule has 0 fully saturated rings. The van der Waals surface area contributed by atoms with E-state index in [0.717, 1.165) is 5.76 Å². The third-order valence-electron chi connectivity index (χ3n) is 4.24. The number of hydrogen-bond donors (Lipinski definition) is 1. The summed E-state index contributed by atoms with van der Waals surface area (Å²) in [5, 5.41) is 2.88. The highest BCUT2D eigenvalue weighted by molar-refractivity contribution is 7.89. The standard InChI is InChI=1S/C19H26N2O4S/c1-5-21(6-2)26(23,24)18-13-16(10-9-14(18)3)19(22)20-15(4)12-17-8-7-11-25-17/h7-11,13,15H,5-6,12H2,1-4H3,(H,20,22). The van der Waals surface area contributed by atoms with E-state index in [9.17, 15) is 13.2 Å². The highest BCUT2D eigenvalue weighted by Gasteiger charge is 2.25. The monoisotopic (exact) mass is 378 g/mol. The lowest BCUT2D eigenvalue weighted by Crippen LogP contribution is -2.34. The molecule has 2 aromatic rings. The van der Waals surface area contributed by atoms with Gasteiger partial charge in [-0.2, -0.15) is 4.31 Å². The van der Waals surface area contributed by atoms with Crippen molar-refractivity contribution < 1.29 is 17.6 Å². The summed E-state index contributed by atoms with van der Waals surface area (Å²) in [6.45, 7) is 7.97. The maximum Gasteiger partial charge on any atom is 0.251 e. The van der Waals surface area contributed by atoms with Crippen LogP contribution in [0.1, 0.15) is 42.5 Å². The Morgan fingerprint density at radius 2 is 1.92 bits per heavy atom. The summed E-state index contributed by atoms with van der Waals surface area (Å²) < 4.78 is 32.3. The van der Waals surface area contributed by atoms with E-state index in [1.807, 2.05) is 13.0 Å². The third-order valence-corrected chi connectivity index (χ3v) is 6.43. The van der Waals surface area contributed by atoms with Crippen LogP contribution in [0.5, 0.6) is 0 Å². The summed E-state index contributed by atoms with van der Waals surface area (Å²) in [5.41, 5.74) is 0.949. The van der Waals surface area contributed by atoms with Crippen molar-refractivity contribution in [1.29, 1.82) is 0 Å². The van der Waals surface area contributed by atoms with Gasteiger partial charge in [0, 0.05) is 31.1 Å². The first-order valence-corrected chi connectivity index (χ1v) is 10.2. The predicted molar refractivity (Wildman–Crippen MR) is 101 cm³/mol. The number of furan rings is 1. The fourth-order valence-electron chi connectivity index (χ4n) is 2.81. The number of nitrogens with zero attached hydrogens (tertiary/aromatic N) is 1. The quantitative estimate of drug-likeness (QED) is 0.766. The fourth-order valence-corrected chi connectivity index (χ4v) is 4.52. The number of benzene rings is 1. The van der Waals surface area contributed by atoms with Crippen LogP contribution in [-0.2, 0) is 16.4 Å². The Labute approximate surface area is 155 Å². The molecule has 1 aromatic carbocycles. The minimum Gasteiger partial charge on any atom is -0.469 e. The molecule has 0 aliphatic heterocycles. The lowest BCUT2D eigenvalue weighted by atomic mass is 10.1. The number of rotatable bonds is 8.